The number of hydrogen-bond acceptors (Lipinski definition) is 6. The van der Waals surface area contributed by atoms with Crippen LogP contribution >= 0.6 is 11.3 Å². The molecule has 0 atom stereocenters. The smallest absolute Gasteiger partial charge is 0.354 e. The highest BCUT2D eigenvalue weighted by atomic mass is 32.1. The standard InChI is InChI=1S/C16H15F4N5S/c1-4-21-14-22-11(12-13(23-14)24-15(26-12)25(2)3)9-6-5-8(7-10(9)17)16(18,19)20/h5-7H,4H2,1-3H3,(H,21,22,23). The lowest BCUT2D eigenvalue weighted by Gasteiger charge is -2.10. The van der Waals surface area contributed by atoms with Gasteiger partial charge in [0.1, 0.15) is 10.5 Å². The summed E-state index contributed by atoms with van der Waals surface area (Å²) >= 11 is 1.25. The Balaban J connectivity index is 2.22. The summed E-state index contributed by atoms with van der Waals surface area (Å²) in [6.07, 6.45) is -4.61. The molecule has 0 fully saturated rings. The molecule has 138 valence electrons. The third-order valence-corrected chi connectivity index (χ3v) is 4.73. The van der Waals surface area contributed by atoms with E-state index in [0.29, 0.717) is 28.1 Å². The Morgan fingerprint density at radius 1 is 1.15 bits per heavy atom. The lowest BCUT2D eigenvalue weighted by atomic mass is 10.1. The van der Waals surface area contributed by atoms with Crippen LogP contribution in [-0.4, -0.2) is 35.6 Å². The minimum atomic E-state index is -4.61. The molecular formula is C16H15F4N5S. The zero-order valence-electron chi connectivity index (χ0n) is 14.1. The van der Waals surface area contributed by atoms with E-state index in [2.05, 4.69) is 20.3 Å². The predicted molar refractivity (Wildman–Crippen MR) is 94.1 cm³/mol. The summed E-state index contributed by atoms with van der Waals surface area (Å²) in [6.45, 7) is 2.38. The molecule has 5 nitrogen and oxygen atoms in total. The number of hydrogen-bond donors (Lipinski definition) is 1. The van der Waals surface area contributed by atoms with Crippen LogP contribution in [0.1, 0.15) is 12.5 Å². The molecule has 10 heteroatoms. The largest absolute Gasteiger partial charge is 0.416 e. The zero-order valence-corrected chi connectivity index (χ0v) is 15.0. The van der Waals surface area contributed by atoms with Crippen LogP contribution in [0.25, 0.3) is 21.6 Å². The highest BCUT2D eigenvalue weighted by Crippen LogP contribution is 2.37. The molecule has 0 aliphatic heterocycles. The summed E-state index contributed by atoms with van der Waals surface area (Å²) in [5, 5.41) is 3.57. The summed E-state index contributed by atoms with van der Waals surface area (Å²) < 4.78 is 53.4. The predicted octanol–water partition coefficient (Wildman–Crippen LogP) is 4.41. The van der Waals surface area contributed by atoms with Crippen LogP contribution in [0.4, 0.5) is 28.6 Å². The third kappa shape index (κ3) is 3.41. The first-order valence-corrected chi connectivity index (χ1v) is 8.49. The maximum Gasteiger partial charge on any atom is 0.416 e. The SMILES string of the molecule is CCNc1nc(-c2ccc(C(F)(F)F)cc2F)c2sc(N(C)C)nc2n1. The average molecular weight is 385 g/mol. The van der Waals surface area contributed by atoms with Crippen molar-refractivity contribution in [1.29, 1.82) is 0 Å². The molecule has 26 heavy (non-hydrogen) atoms. The second-order valence-corrected chi connectivity index (χ2v) is 6.64. The molecule has 0 aliphatic rings. The normalized spacial score (nSPS) is 11.8. The number of nitrogens with one attached hydrogen (secondary N) is 1. The molecule has 0 saturated carbocycles. The summed E-state index contributed by atoms with van der Waals surface area (Å²) in [4.78, 5) is 14.7. The quantitative estimate of drug-likeness (QED) is 0.675. The van der Waals surface area contributed by atoms with E-state index in [9.17, 15) is 17.6 Å². The molecule has 0 amide bonds. The minimum Gasteiger partial charge on any atom is -0.354 e. The monoisotopic (exact) mass is 385 g/mol. The van der Waals surface area contributed by atoms with E-state index < -0.39 is 17.6 Å². The van der Waals surface area contributed by atoms with E-state index in [1.807, 2.05) is 6.92 Å². The number of anilines is 2. The van der Waals surface area contributed by atoms with Gasteiger partial charge in [-0.05, 0) is 25.1 Å². The van der Waals surface area contributed by atoms with Crippen molar-refractivity contribution < 1.29 is 17.6 Å². The Morgan fingerprint density at radius 2 is 1.88 bits per heavy atom. The molecular weight excluding hydrogens is 370 g/mol. The first kappa shape index (κ1) is 18.3. The van der Waals surface area contributed by atoms with Gasteiger partial charge >= 0.3 is 6.18 Å². The molecule has 2 aromatic heterocycles. The van der Waals surface area contributed by atoms with Gasteiger partial charge in [-0.15, -0.1) is 0 Å². The van der Waals surface area contributed by atoms with Crippen molar-refractivity contribution in [2.45, 2.75) is 13.1 Å². The zero-order chi connectivity index (χ0) is 19.1. The fourth-order valence-corrected chi connectivity index (χ4v) is 3.24. The van der Waals surface area contributed by atoms with Gasteiger partial charge in [-0.25, -0.2) is 9.37 Å². The number of aromatic nitrogens is 3. The number of thiazole rings is 1. The molecule has 0 aliphatic carbocycles. The van der Waals surface area contributed by atoms with E-state index in [0.717, 1.165) is 12.1 Å². The van der Waals surface area contributed by atoms with Crippen molar-refractivity contribution in [3.63, 3.8) is 0 Å². The number of fused-ring (bicyclic) bond motifs is 1. The van der Waals surface area contributed by atoms with Crippen LogP contribution in [0.5, 0.6) is 0 Å². The van der Waals surface area contributed by atoms with Crippen LogP contribution in [0.3, 0.4) is 0 Å². The number of benzene rings is 1. The number of rotatable bonds is 4. The van der Waals surface area contributed by atoms with E-state index in [4.69, 9.17) is 0 Å². The molecule has 0 unspecified atom stereocenters. The van der Waals surface area contributed by atoms with Crippen molar-refractivity contribution in [1.82, 2.24) is 15.0 Å². The topological polar surface area (TPSA) is 53.9 Å². The highest BCUT2D eigenvalue weighted by molar-refractivity contribution is 7.22. The Hall–Kier alpha value is -2.49. The van der Waals surface area contributed by atoms with Crippen LogP contribution in [0, 0.1) is 5.82 Å². The van der Waals surface area contributed by atoms with Gasteiger partial charge in [-0.3, -0.25) is 0 Å². The number of alkyl halides is 3. The lowest BCUT2D eigenvalue weighted by molar-refractivity contribution is -0.137. The van der Waals surface area contributed by atoms with Gasteiger partial charge in [0.15, 0.2) is 10.8 Å². The van der Waals surface area contributed by atoms with E-state index in [1.54, 1.807) is 19.0 Å². The fraction of sp³-hybridized carbons (Fsp3) is 0.312. The van der Waals surface area contributed by atoms with Crippen LogP contribution in [0.15, 0.2) is 18.2 Å². The summed E-state index contributed by atoms with van der Waals surface area (Å²) in [5.74, 6) is -0.757. The maximum absolute atomic E-state index is 14.5. The Kier molecular flexibility index (Phi) is 4.70. The molecule has 0 spiro atoms. The Morgan fingerprint density at radius 3 is 2.46 bits per heavy atom. The third-order valence-electron chi connectivity index (χ3n) is 3.51. The molecule has 3 aromatic rings. The summed E-state index contributed by atoms with van der Waals surface area (Å²) in [5.41, 5.74) is -0.505. The van der Waals surface area contributed by atoms with Gasteiger partial charge in [0, 0.05) is 26.2 Å². The van der Waals surface area contributed by atoms with Crippen molar-refractivity contribution in [3.05, 3.63) is 29.6 Å². The van der Waals surface area contributed by atoms with Crippen molar-refractivity contribution >= 4 is 32.8 Å². The second kappa shape index (κ2) is 6.67. The van der Waals surface area contributed by atoms with E-state index in [-0.39, 0.29) is 17.2 Å². The Labute approximate surface area is 150 Å². The van der Waals surface area contributed by atoms with Gasteiger partial charge in [0.25, 0.3) is 0 Å². The molecule has 0 radical (unpaired) electrons. The van der Waals surface area contributed by atoms with Crippen LogP contribution < -0.4 is 10.2 Å². The maximum atomic E-state index is 14.5. The average Bonchev–Trinajstić information content (AvgIpc) is 2.98. The molecule has 0 saturated heterocycles. The Bertz CT molecular complexity index is 952. The van der Waals surface area contributed by atoms with Crippen LogP contribution in [0.2, 0.25) is 0 Å². The molecule has 3 rings (SSSR count). The van der Waals surface area contributed by atoms with E-state index >= 15 is 0 Å². The second-order valence-electron chi connectivity index (χ2n) is 5.66. The van der Waals surface area contributed by atoms with Crippen molar-refractivity contribution in [3.8, 4) is 11.3 Å². The summed E-state index contributed by atoms with van der Waals surface area (Å²) in [7, 11) is 3.60. The highest BCUT2D eigenvalue weighted by Gasteiger charge is 2.31. The van der Waals surface area contributed by atoms with E-state index in [1.165, 1.54) is 11.3 Å². The van der Waals surface area contributed by atoms with Gasteiger partial charge in [-0.1, -0.05) is 11.3 Å². The van der Waals surface area contributed by atoms with Gasteiger partial charge in [-0.2, -0.15) is 23.1 Å². The number of halogens is 4. The van der Waals surface area contributed by atoms with Gasteiger partial charge in [0.2, 0.25) is 5.95 Å². The lowest BCUT2D eigenvalue weighted by Crippen LogP contribution is -2.07. The van der Waals surface area contributed by atoms with Crippen molar-refractivity contribution in [2.24, 2.45) is 0 Å². The first-order valence-electron chi connectivity index (χ1n) is 7.67. The van der Waals surface area contributed by atoms with Gasteiger partial charge < -0.3 is 10.2 Å². The number of nitrogens with zero attached hydrogens (tertiary/aromatic N) is 4. The summed E-state index contributed by atoms with van der Waals surface area (Å²) in [6, 6.07) is 2.40. The molecule has 1 aromatic carbocycles. The van der Waals surface area contributed by atoms with Crippen LogP contribution in [-0.2, 0) is 6.18 Å². The molecule has 0 bridgehead atoms. The fourth-order valence-electron chi connectivity index (χ4n) is 2.31. The molecule has 2 heterocycles. The van der Waals surface area contributed by atoms with Crippen molar-refractivity contribution in [2.75, 3.05) is 30.9 Å². The molecule has 1 N–H and O–H groups in total. The first-order chi connectivity index (χ1) is 12.2. The minimum absolute atomic E-state index is 0.0292. The van der Waals surface area contributed by atoms with Gasteiger partial charge in [0.05, 0.1) is 11.3 Å².